The minimum Gasteiger partial charge on any atom is -0.541 e. The summed E-state index contributed by atoms with van der Waals surface area (Å²) in [4.78, 5) is 9.25. The van der Waals surface area contributed by atoms with E-state index in [1.807, 2.05) is 54.9 Å². The highest BCUT2D eigenvalue weighted by Gasteiger charge is 2.10. The molecule has 23 heavy (non-hydrogen) atoms. The summed E-state index contributed by atoms with van der Waals surface area (Å²) < 4.78 is 8.06. The summed E-state index contributed by atoms with van der Waals surface area (Å²) in [5.41, 5.74) is 4.03. The molecule has 0 N–H and O–H groups in total. The zero-order valence-electron chi connectivity index (χ0n) is 14.9. The standard InChI is InChI=1S/C18H20N3OSi/c1-13-8-7-10-15(18(13)22-23(3)4)19-12-17-20-14-9-5-6-11-16(14)21(17)2/h5-12H,1-4H3/p+1. The van der Waals surface area contributed by atoms with Crippen LogP contribution in [0.3, 0.4) is 0 Å². The van der Waals surface area contributed by atoms with Crippen molar-refractivity contribution in [3.63, 3.8) is 0 Å². The van der Waals surface area contributed by atoms with Crippen molar-refractivity contribution < 1.29 is 5.85 Å². The molecule has 1 heterocycles. The number of fused-ring (bicyclic) bond motifs is 1. The topological polar surface area (TPSA) is 39.4 Å². The van der Waals surface area contributed by atoms with Gasteiger partial charge in [0.15, 0.2) is 5.82 Å². The highest BCUT2D eigenvalue weighted by atomic mass is 28.3. The number of para-hydroxylation sites is 3. The highest BCUT2D eigenvalue weighted by Crippen LogP contribution is 2.31. The van der Waals surface area contributed by atoms with Crippen LogP contribution in [-0.2, 0) is 7.05 Å². The first-order valence-electron chi connectivity index (χ1n) is 7.59. The molecule has 3 aromatic rings. The molecule has 0 spiro atoms. The van der Waals surface area contributed by atoms with Crippen molar-refractivity contribution in [1.82, 2.24) is 9.55 Å². The number of nitrogens with zero attached hydrogens (tertiary/aromatic N) is 3. The molecule has 0 fully saturated rings. The van der Waals surface area contributed by atoms with Crippen molar-refractivity contribution in [1.29, 1.82) is 0 Å². The Hall–Kier alpha value is -2.40. The van der Waals surface area contributed by atoms with Crippen molar-refractivity contribution in [3.8, 4) is 5.75 Å². The number of aromatic nitrogens is 2. The van der Waals surface area contributed by atoms with E-state index in [0.717, 1.165) is 33.9 Å². The van der Waals surface area contributed by atoms with Gasteiger partial charge in [-0.3, -0.25) is 0 Å². The third-order valence-electron chi connectivity index (χ3n) is 3.64. The summed E-state index contributed by atoms with van der Waals surface area (Å²) in [6.45, 7) is 6.29. The molecule has 0 atom stereocenters. The van der Waals surface area contributed by atoms with Crippen LogP contribution in [0.25, 0.3) is 11.0 Å². The summed E-state index contributed by atoms with van der Waals surface area (Å²) in [7, 11) is 1.17. The van der Waals surface area contributed by atoms with Gasteiger partial charge in [0.1, 0.15) is 11.4 Å². The molecule has 117 valence electrons. The summed E-state index contributed by atoms with van der Waals surface area (Å²) in [6, 6.07) is 14.1. The van der Waals surface area contributed by atoms with Gasteiger partial charge in [0.25, 0.3) is 9.04 Å². The van der Waals surface area contributed by atoms with Gasteiger partial charge < -0.3 is 8.99 Å². The Balaban J connectivity index is 0.00000208. The smallest absolute Gasteiger partial charge is 0.541 e. The van der Waals surface area contributed by atoms with Crippen LogP contribution in [0.1, 0.15) is 12.8 Å². The van der Waals surface area contributed by atoms with Gasteiger partial charge in [-0.1, -0.05) is 24.3 Å². The van der Waals surface area contributed by atoms with Gasteiger partial charge in [-0.2, -0.15) is 0 Å². The Bertz CT molecular complexity index is 874. The Kier molecular flexibility index (Phi) is 4.30. The number of hydrogen-bond donors (Lipinski definition) is 0. The monoisotopic (exact) mass is 323 g/mol. The van der Waals surface area contributed by atoms with Crippen LogP contribution in [0.2, 0.25) is 13.1 Å². The van der Waals surface area contributed by atoms with Crippen molar-refractivity contribution in [2.45, 2.75) is 20.0 Å². The molecule has 2 aromatic carbocycles. The first-order chi connectivity index (χ1) is 11.1. The molecule has 0 amide bonds. The second kappa shape index (κ2) is 6.38. The maximum atomic E-state index is 6.01. The fourth-order valence-electron chi connectivity index (χ4n) is 2.48. The largest absolute Gasteiger partial charge is 1.00 e. The lowest BCUT2D eigenvalue weighted by Crippen LogP contribution is -2.12. The second-order valence-electron chi connectivity index (χ2n) is 5.71. The Morgan fingerprint density at radius 2 is 1.96 bits per heavy atom. The minimum atomic E-state index is -0.836. The third-order valence-corrected chi connectivity index (χ3v) is 4.25. The molecule has 3 rings (SSSR count). The first-order valence-corrected chi connectivity index (χ1v) is 10.00. The molecule has 0 aliphatic rings. The van der Waals surface area contributed by atoms with E-state index in [4.69, 9.17) is 4.43 Å². The van der Waals surface area contributed by atoms with Crippen molar-refractivity contribution in [2.75, 3.05) is 0 Å². The van der Waals surface area contributed by atoms with Gasteiger partial charge >= 0.3 is 1.43 Å². The molecule has 0 bridgehead atoms. The van der Waals surface area contributed by atoms with Gasteiger partial charge in [0.2, 0.25) is 0 Å². The average Bonchev–Trinajstić information content (AvgIpc) is 2.84. The molecule has 4 nitrogen and oxygen atoms in total. The Labute approximate surface area is 139 Å². The van der Waals surface area contributed by atoms with Gasteiger partial charge in [-0.05, 0) is 43.8 Å². The summed E-state index contributed by atoms with van der Waals surface area (Å²) in [5, 5.41) is 0. The van der Waals surface area contributed by atoms with Crippen LogP contribution in [-0.4, -0.2) is 24.8 Å². The fraction of sp³-hybridized carbons (Fsp3) is 0.222. The van der Waals surface area contributed by atoms with E-state index in [1.165, 1.54) is 0 Å². The van der Waals surface area contributed by atoms with Crippen LogP contribution in [0.5, 0.6) is 5.75 Å². The van der Waals surface area contributed by atoms with Crippen LogP contribution >= 0.6 is 0 Å². The third kappa shape index (κ3) is 3.19. The zero-order valence-corrected chi connectivity index (χ0v) is 14.9. The van der Waals surface area contributed by atoms with E-state index in [9.17, 15) is 0 Å². The molecule has 0 unspecified atom stereocenters. The van der Waals surface area contributed by atoms with Crippen molar-refractivity contribution >= 4 is 32.0 Å². The van der Waals surface area contributed by atoms with Crippen LogP contribution in [0.15, 0.2) is 47.5 Å². The van der Waals surface area contributed by atoms with E-state index < -0.39 is 9.04 Å². The van der Waals surface area contributed by atoms with Crippen molar-refractivity contribution in [2.24, 2.45) is 12.0 Å². The SMILES string of the molecule is Cc1cccc(N=Cc2nc3ccccc3n2C)c1O[Si](C)C.[H+]. The average molecular weight is 323 g/mol. The van der Waals surface area contributed by atoms with Crippen LogP contribution in [0, 0.1) is 6.92 Å². The lowest BCUT2D eigenvalue weighted by molar-refractivity contribution is 0.577. The number of benzene rings is 2. The van der Waals surface area contributed by atoms with Crippen LogP contribution < -0.4 is 4.43 Å². The lowest BCUT2D eigenvalue weighted by Gasteiger charge is -2.13. The molecular weight excluding hydrogens is 302 g/mol. The van der Waals surface area contributed by atoms with E-state index in [0.29, 0.717) is 0 Å². The summed E-state index contributed by atoms with van der Waals surface area (Å²) >= 11 is 0. The molecule has 1 aromatic heterocycles. The molecule has 5 heteroatoms. The van der Waals surface area contributed by atoms with E-state index in [2.05, 4.69) is 29.1 Å². The fourth-order valence-corrected chi connectivity index (χ4v) is 3.16. The molecule has 0 aliphatic carbocycles. The molecule has 1 radical (unpaired) electrons. The van der Waals surface area contributed by atoms with Gasteiger partial charge in [0, 0.05) is 7.05 Å². The van der Waals surface area contributed by atoms with Gasteiger partial charge in [-0.15, -0.1) is 0 Å². The predicted octanol–water partition coefficient (Wildman–Crippen LogP) is 4.37. The molecule has 0 aliphatic heterocycles. The van der Waals surface area contributed by atoms with Crippen LogP contribution in [0.4, 0.5) is 5.69 Å². The molecule has 0 saturated carbocycles. The number of aliphatic imine (C=N–C) groups is 1. The number of aryl methyl sites for hydroxylation is 2. The quantitative estimate of drug-likeness (QED) is 0.528. The number of imidazole rings is 1. The number of hydrogen-bond acceptors (Lipinski definition) is 3. The first kappa shape index (κ1) is 15.5. The minimum absolute atomic E-state index is 0. The lowest BCUT2D eigenvalue weighted by atomic mass is 10.2. The molecular formula is C18H21N3OSi+. The van der Waals surface area contributed by atoms with E-state index in [1.54, 1.807) is 6.21 Å². The summed E-state index contributed by atoms with van der Waals surface area (Å²) in [5.74, 6) is 1.71. The Morgan fingerprint density at radius 3 is 2.70 bits per heavy atom. The highest BCUT2D eigenvalue weighted by molar-refractivity contribution is 6.49. The normalized spacial score (nSPS) is 11.7. The maximum Gasteiger partial charge on any atom is 1.00 e. The van der Waals surface area contributed by atoms with Crippen molar-refractivity contribution in [3.05, 3.63) is 53.9 Å². The number of rotatable bonds is 4. The summed E-state index contributed by atoms with van der Waals surface area (Å²) in [6.07, 6.45) is 1.80. The second-order valence-corrected chi connectivity index (χ2v) is 7.73. The molecule has 0 saturated heterocycles. The maximum absolute atomic E-state index is 6.01. The van der Waals surface area contributed by atoms with Gasteiger partial charge in [-0.25, -0.2) is 9.98 Å². The predicted molar refractivity (Wildman–Crippen MR) is 98.4 cm³/mol. The zero-order chi connectivity index (χ0) is 16.4. The van der Waals surface area contributed by atoms with E-state index >= 15 is 0 Å². The van der Waals surface area contributed by atoms with E-state index in [-0.39, 0.29) is 1.43 Å². The Morgan fingerprint density at radius 1 is 1.17 bits per heavy atom. The van der Waals surface area contributed by atoms with Gasteiger partial charge in [0.05, 0.1) is 17.2 Å².